The molecule has 0 aromatic carbocycles. The SMILES string of the molecule is CCCN(C)c1cnn(CC(=O)c2ccc(Cl)s2)c(=O)c1. The molecular weight excluding hydrogens is 310 g/mol. The highest BCUT2D eigenvalue weighted by Gasteiger charge is 2.12. The summed E-state index contributed by atoms with van der Waals surface area (Å²) in [4.78, 5) is 26.5. The van der Waals surface area contributed by atoms with Gasteiger partial charge < -0.3 is 4.90 Å². The van der Waals surface area contributed by atoms with Crippen LogP contribution in [-0.4, -0.2) is 29.2 Å². The number of hydrogen-bond donors (Lipinski definition) is 0. The van der Waals surface area contributed by atoms with E-state index in [1.165, 1.54) is 22.1 Å². The van der Waals surface area contributed by atoms with E-state index in [-0.39, 0.29) is 17.9 Å². The van der Waals surface area contributed by atoms with Crippen LogP contribution in [0.2, 0.25) is 4.34 Å². The Morgan fingerprint density at radius 3 is 2.81 bits per heavy atom. The molecule has 0 radical (unpaired) electrons. The first kappa shape index (κ1) is 15.7. The van der Waals surface area contributed by atoms with Gasteiger partial charge in [0.05, 0.1) is 21.1 Å². The van der Waals surface area contributed by atoms with Crippen molar-refractivity contribution in [2.75, 3.05) is 18.5 Å². The molecule has 7 heteroatoms. The minimum atomic E-state index is -0.286. The Kier molecular flexibility index (Phi) is 5.14. The van der Waals surface area contributed by atoms with E-state index in [1.54, 1.807) is 18.3 Å². The topological polar surface area (TPSA) is 55.2 Å². The summed E-state index contributed by atoms with van der Waals surface area (Å²) in [6.45, 7) is 2.83. The van der Waals surface area contributed by atoms with Gasteiger partial charge in [0.15, 0.2) is 5.78 Å². The van der Waals surface area contributed by atoms with E-state index in [0.29, 0.717) is 9.21 Å². The van der Waals surface area contributed by atoms with Crippen LogP contribution in [0.5, 0.6) is 0 Å². The second-order valence-electron chi connectivity index (χ2n) is 4.66. The standard InChI is InChI=1S/C14H16ClN3O2S/c1-3-6-17(2)10-7-14(20)18(16-8-10)9-11(19)12-4-5-13(15)21-12/h4-5,7-8H,3,6,9H2,1-2H3. The van der Waals surface area contributed by atoms with Crippen LogP contribution >= 0.6 is 22.9 Å². The lowest BCUT2D eigenvalue weighted by molar-refractivity contribution is 0.0969. The van der Waals surface area contributed by atoms with E-state index in [9.17, 15) is 9.59 Å². The molecule has 0 spiro atoms. The Balaban J connectivity index is 2.14. The Hall–Kier alpha value is -1.66. The largest absolute Gasteiger partial charge is 0.373 e. The number of carbonyl (C=O) groups excluding carboxylic acids is 1. The zero-order valence-electron chi connectivity index (χ0n) is 11.9. The minimum Gasteiger partial charge on any atom is -0.373 e. The van der Waals surface area contributed by atoms with Crippen LogP contribution < -0.4 is 10.5 Å². The fraction of sp³-hybridized carbons (Fsp3) is 0.357. The molecule has 0 saturated carbocycles. The third-order valence-corrected chi connectivity index (χ3v) is 4.27. The molecular formula is C14H16ClN3O2S. The molecule has 0 amide bonds. The van der Waals surface area contributed by atoms with E-state index < -0.39 is 0 Å². The smallest absolute Gasteiger partial charge is 0.269 e. The Bertz CT molecular complexity index is 696. The highest BCUT2D eigenvalue weighted by atomic mass is 35.5. The van der Waals surface area contributed by atoms with Crippen molar-refractivity contribution in [3.63, 3.8) is 0 Å². The van der Waals surface area contributed by atoms with Gasteiger partial charge in [-0.25, -0.2) is 4.68 Å². The second kappa shape index (κ2) is 6.87. The average Bonchev–Trinajstić information content (AvgIpc) is 2.88. The molecule has 2 aromatic rings. The van der Waals surface area contributed by atoms with Gasteiger partial charge >= 0.3 is 0 Å². The molecule has 0 bridgehead atoms. The number of rotatable bonds is 6. The summed E-state index contributed by atoms with van der Waals surface area (Å²) in [7, 11) is 1.91. The highest BCUT2D eigenvalue weighted by molar-refractivity contribution is 7.18. The third-order valence-electron chi connectivity index (χ3n) is 3.00. The predicted molar refractivity (Wildman–Crippen MR) is 85.7 cm³/mol. The molecule has 21 heavy (non-hydrogen) atoms. The Morgan fingerprint density at radius 1 is 1.48 bits per heavy atom. The van der Waals surface area contributed by atoms with Gasteiger partial charge in [-0.15, -0.1) is 11.3 Å². The Labute approximate surface area is 131 Å². The minimum absolute atomic E-state index is 0.0759. The third kappa shape index (κ3) is 3.92. The van der Waals surface area contributed by atoms with Crippen LogP contribution in [0.3, 0.4) is 0 Å². The van der Waals surface area contributed by atoms with Crippen LogP contribution in [0.4, 0.5) is 5.69 Å². The predicted octanol–water partition coefficient (Wildman–Crippen LogP) is 2.69. The maximum absolute atomic E-state index is 12.0. The quantitative estimate of drug-likeness (QED) is 0.766. The molecule has 0 unspecified atom stereocenters. The zero-order valence-corrected chi connectivity index (χ0v) is 13.4. The number of Topliss-reactive ketones (excluding diaryl/α,β-unsaturated/α-hetero) is 1. The van der Waals surface area contributed by atoms with Gasteiger partial charge in [0.25, 0.3) is 5.56 Å². The maximum atomic E-state index is 12.0. The fourth-order valence-corrected chi connectivity index (χ4v) is 2.87. The van der Waals surface area contributed by atoms with E-state index in [4.69, 9.17) is 11.6 Å². The number of ketones is 1. The summed E-state index contributed by atoms with van der Waals surface area (Å²) in [6, 6.07) is 4.82. The van der Waals surface area contributed by atoms with Crippen molar-refractivity contribution in [2.24, 2.45) is 0 Å². The molecule has 0 aliphatic heterocycles. The monoisotopic (exact) mass is 325 g/mol. The number of halogens is 1. The second-order valence-corrected chi connectivity index (χ2v) is 6.37. The first-order valence-corrected chi connectivity index (χ1v) is 7.77. The van der Waals surface area contributed by atoms with Gasteiger partial charge in [0.1, 0.15) is 6.54 Å². The Morgan fingerprint density at radius 2 is 2.24 bits per heavy atom. The number of nitrogens with zero attached hydrogens (tertiary/aromatic N) is 3. The summed E-state index contributed by atoms with van der Waals surface area (Å²) in [5.41, 5.74) is 0.469. The summed E-state index contributed by atoms with van der Waals surface area (Å²) in [6.07, 6.45) is 2.59. The van der Waals surface area contributed by atoms with Gasteiger partial charge in [0.2, 0.25) is 0 Å². The van der Waals surface area contributed by atoms with Crippen molar-refractivity contribution in [3.8, 4) is 0 Å². The van der Waals surface area contributed by atoms with Gasteiger partial charge in [-0.2, -0.15) is 5.10 Å². The lowest BCUT2D eigenvalue weighted by atomic mass is 10.3. The van der Waals surface area contributed by atoms with E-state index in [1.807, 2.05) is 11.9 Å². The molecule has 2 heterocycles. The molecule has 0 fully saturated rings. The number of thiophene rings is 1. The van der Waals surface area contributed by atoms with Crippen LogP contribution in [-0.2, 0) is 6.54 Å². The summed E-state index contributed by atoms with van der Waals surface area (Å²) in [5, 5.41) is 4.07. The van der Waals surface area contributed by atoms with Crippen molar-refractivity contribution >= 4 is 34.4 Å². The first-order valence-electron chi connectivity index (χ1n) is 6.58. The van der Waals surface area contributed by atoms with Gasteiger partial charge in [0, 0.05) is 19.7 Å². The maximum Gasteiger partial charge on any atom is 0.269 e. The number of carbonyl (C=O) groups is 1. The molecule has 0 aliphatic carbocycles. The average molecular weight is 326 g/mol. The van der Waals surface area contributed by atoms with Crippen molar-refractivity contribution in [1.82, 2.24) is 9.78 Å². The van der Waals surface area contributed by atoms with Crippen molar-refractivity contribution < 1.29 is 4.79 Å². The summed E-state index contributed by atoms with van der Waals surface area (Å²) >= 11 is 7.00. The lowest BCUT2D eigenvalue weighted by Crippen LogP contribution is -2.28. The molecule has 112 valence electrons. The van der Waals surface area contributed by atoms with Crippen molar-refractivity contribution in [2.45, 2.75) is 19.9 Å². The van der Waals surface area contributed by atoms with Crippen LogP contribution in [0, 0.1) is 0 Å². The van der Waals surface area contributed by atoms with Crippen molar-refractivity contribution in [3.05, 3.63) is 44.0 Å². The number of anilines is 1. The molecule has 0 aliphatic rings. The molecule has 2 aromatic heterocycles. The molecule has 2 rings (SSSR count). The van der Waals surface area contributed by atoms with E-state index in [0.717, 1.165) is 18.7 Å². The lowest BCUT2D eigenvalue weighted by Gasteiger charge is -2.17. The van der Waals surface area contributed by atoms with Gasteiger partial charge in [-0.05, 0) is 18.6 Å². The van der Waals surface area contributed by atoms with Crippen LogP contribution in [0.1, 0.15) is 23.0 Å². The molecule has 5 nitrogen and oxygen atoms in total. The normalized spacial score (nSPS) is 10.6. The van der Waals surface area contributed by atoms with Gasteiger partial charge in [-0.1, -0.05) is 18.5 Å². The van der Waals surface area contributed by atoms with E-state index in [2.05, 4.69) is 12.0 Å². The zero-order chi connectivity index (χ0) is 15.4. The van der Waals surface area contributed by atoms with Crippen LogP contribution in [0.15, 0.2) is 29.2 Å². The van der Waals surface area contributed by atoms with Gasteiger partial charge in [-0.3, -0.25) is 9.59 Å². The fourth-order valence-electron chi connectivity index (χ4n) is 1.89. The summed E-state index contributed by atoms with van der Waals surface area (Å²) < 4.78 is 1.72. The highest BCUT2D eigenvalue weighted by Crippen LogP contribution is 2.21. The molecule has 0 N–H and O–H groups in total. The number of aromatic nitrogens is 2. The van der Waals surface area contributed by atoms with Crippen molar-refractivity contribution in [1.29, 1.82) is 0 Å². The molecule has 0 atom stereocenters. The molecule has 0 saturated heterocycles. The van der Waals surface area contributed by atoms with E-state index >= 15 is 0 Å². The first-order chi connectivity index (χ1) is 10.0. The number of hydrogen-bond acceptors (Lipinski definition) is 5. The summed E-state index contributed by atoms with van der Waals surface area (Å²) in [5.74, 6) is -0.170. The van der Waals surface area contributed by atoms with Crippen LogP contribution in [0.25, 0.3) is 0 Å².